The third kappa shape index (κ3) is 3.00. The molecule has 0 saturated heterocycles. The number of nitrogens with one attached hydrogen (secondary N) is 1. The van der Waals surface area contributed by atoms with Crippen LogP contribution < -0.4 is 5.32 Å². The summed E-state index contributed by atoms with van der Waals surface area (Å²) in [5.74, 6) is -2.52. The highest BCUT2D eigenvalue weighted by atomic mass is 19.1. The SMILES string of the molecule is COC[C@@H](C)NC(=O)c1c(F)cccc1F. The van der Waals surface area contributed by atoms with Crippen LogP contribution in [0.2, 0.25) is 0 Å². The van der Waals surface area contributed by atoms with Gasteiger partial charge in [-0.2, -0.15) is 0 Å². The van der Waals surface area contributed by atoms with Crippen LogP contribution in [0.3, 0.4) is 0 Å². The third-order valence-corrected chi connectivity index (χ3v) is 1.98. The van der Waals surface area contributed by atoms with E-state index < -0.39 is 23.1 Å². The van der Waals surface area contributed by atoms with Crippen molar-refractivity contribution < 1.29 is 18.3 Å². The number of halogens is 2. The lowest BCUT2D eigenvalue weighted by atomic mass is 10.1. The van der Waals surface area contributed by atoms with Crippen LogP contribution in [0.5, 0.6) is 0 Å². The van der Waals surface area contributed by atoms with E-state index in [1.165, 1.54) is 13.2 Å². The lowest BCUT2D eigenvalue weighted by molar-refractivity contribution is 0.0897. The number of amides is 1. The summed E-state index contributed by atoms with van der Waals surface area (Å²) in [6, 6.07) is 2.98. The number of hydrogen-bond donors (Lipinski definition) is 1. The first kappa shape index (κ1) is 12.6. The van der Waals surface area contributed by atoms with Crippen molar-refractivity contribution >= 4 is 5.91 Å². The van der Waals surface area contributed by atoms with Crippen molar-refractivity contribution in [3.8, 4) is 0 Å². The minimum absolute atomic E-state index is 0.280. The van der Waals surface area contributed by atoms with Crippen molar-refractivity contribution in [3.63, 3.8) is 0 Å². The van der Waals surface area contributed by atoms with Gasteiger partial charge < -0.3 is 10.1 Å². The number of hydrogen-bond acceptors (Lipinski definition) is 2. The number of ether oxygens (including phenoxy) is 1. The third-order valence-electron chi connectivity index (χ3n) is 1.98. The number of benzene rings is 1. The van der Waals surface area contributed by atoms with E-state index in [2.05, 4.69) is 5.32 Å². The second kappa shape index (κ2) is 5.55. The van der Waals surface area contributed by atoms with E-state index in [0.717, 1.165) is 12.1 Å². The molecular formula is C11H13F2NO2. The number of carbonyl (C=O) groups is 1. The first-order valence-electron chi connectivity index (χ1n) is 4.80. The Morgan fingerprint density at radius 2 is 2.00 bits per heavy atom. The van der Waals surface area contributed by atoms with E-state index in [-0.39, 0.29) is 12.6 Å². The van der Waals surface area contributed by atoms with Crippen molar-refractivity contribution in [1.29, 1.82) is 0 Å². The van der Waals surface area contributed by atoms with Gasteiger partial charge in [-0.25, -0.2) is 8.78 Å². The highest BCUT2D eigenvalue weighted by Gasteiger charge is 2.18. The molecule has 0 unspecified atom stereocenters. The van der Waals surface area contributed by atoms with Crippen LogP contribution in [0.15, 0.2) is 18.2 Å². The van der Waals surface area contributed by atoms with Crippen molar-refractivity contribution in [2.24, 2.45) is 0 Å². The molecule has 0 bridgehead atoms. The smallest absolute Gasteiger partial charge is 0.257 e. The molecule has 5 heteroatoms. The van der Waals surface area contributed by atoms with Crippen molar-refractivity contribution in [3.05, 3.63) is 35.4 Å². The molecule has 0 radical (unpaired) electrons. The van der Waals surface area contributed by atoms with Gasteiger partial charge in [-0.15, -0.1) is 0 Å². The molecular weight excluding hydrogens is 216 g/mol. The van der Waals surface area contributed by atoms with Gasteiger partial charge in [-0.1, -0.05) is 6.07 Å². The van der Waals surface area contributed by atoms with Gasteiger partial charge in [0.05, 0.1) is 6.61 Å². The fourth-order valence-electron chi connectivity index (χ4n) is 1.30. The lowest BCUT2D eigenvalue weighted by Crippen LogP contribution is -2.36. The summed E-state index contributed by atoms with van der Waals surface area (Å²) in [7, 11) is 1.48. The first-order chi connectivity index (χ1) is 7.56. The van der Waals surface area contributed by atoms with E-state index in [1.807, 2.05) is 0 Å². The van der Waals surface area contributed by atoms with Crippen LogP contribution in [0.4, 0.5) is 8.78 Å². The Morgan fingerprint density at radius 1 is 1.44 bits per heavy atom. The number of rotatable bonds is 4. The average molecular weight is 229 g/mol. The molecule has 3 nitrogen and oxygen atoms in total. The van der Waals surface area contributed by atoms with Gasteiger partial charge in [-0.05, 0) is 19.1 Å². The fourth-order valence-corrected chi connectivity index (χ4v) is 1.30. The Bertz CT molecular complexity index is 362. The van der Waals surface area contributed by atoms with E-state index in [4.69, 9.17) is 4.74 Å². The number of methoxy groups -OCH3 is 1. The van der Waals surface area contributed by atoms with Crippen LogP contribution in [0, 0.1) is 11.6 Å². The molecule has 1 amide bonds. The molecule has 88 valence electrons. The molecule has 0 saturated carbocycles. The summed E-state index contributed by atoms with van der Waals surface area (Å²) in [6.07, 6.45) is 0. The molecule has 0 aromatic heterocycles. The van der Waals surface area contributed by atoms with Gasteiger partial charge in [0.1, 0.15) is 17.2 Å². The maximum Gasteiger partial charge on any atom is 0.257 e. The standard InChI is InChI=1S/C11H13F2NO2/c1-7(6-16-2)14-11(15)10-8(12)4-3-5-9(10)13/h3-5,7H,6H2,1-2H3,(H,14,15)/t7-/m1/s1. The lowest BCUT2D eigenvalue weighted by Gasteiger charge is -2.13. The molecule has 0 aliphatic carbocycles. The summed E-state index contributed by atoms with van der Waals surface area (Å²) < 4.78 is 31.2. The molecule has 0 aliphatic heterocycles. The van der Waals surface area contributed by atoms with Crippen LogP contribution >= 0.6 is 0 Å². The molecule has 16 heavy (non-hydrogen) atoms. The number of carbonyl (C=O) groups excluding carboxylic acids is 1. The summed E-state index contributed by atoms with van der Waals surface area (Å²) in [5.41, 5.74) is -0.564. The fraction of sp³-hybridized carbons (Fsp3) is 0.364. The quantitative estimate of drug-likeness (QED) is 0.853. The van der Waals surface area contributed by atoms with Crippen LogP contribution in [-0.2, 0) is 4.74 Å². The zero-order valence-corrected chi connectivity index (χ0v) is 9.09. The molecule has 1 aromatic carbocycles. The molecule has 0 spiro atoms. The van der Waals surface area contributed by atoms with E-state index in [0.29, 0.717) is 0 Å². The maximum absolute atomic E-state index is 13.2. The van der Waals surface area contributed by atoms with Gasteiger partial charge in [0.2, 0.25) is 0 Å². The Morgan fingerprint density at radius 3 is 2.50 bits per heavy atom. The van der Waals surface area contributed by atoms with E-state index in [1.54, 1.807) is 6.92 Å². The Kier molecular flexibility index (Phi) is 4.37. The Hall–Kier alpha value is -1.49. The first-order valence-corrected chi connectivity index (χ1v) is 4.80. The topological polar surface area (TPSA) is 38.3 Å². The minimum atomic E-state index is -0.873. The molecule has 0 aliphatic rings. The van der Waals surface area contributed by atoms with Gasteiger partial charge in [0.25, 0.3) is 5.91 Å². The molecule has 1 atom stereocenters. The van der Waals surface area contributed by atoms with E-state index in [9.17, 15) is 13.6 Å². The zero-order chi connectivity index (χ0) is 12.1. The van der Waals surface area contributed by atoms with Crippen molar-refractivity contribution in [2.45, 2.75) is 13.0 Å². The Labute approximate surface area is 92.4 Å². The highest BCUT2D eigenvalue weighted by Crippen LogP contribution is 2.11. The maximum atomic E-state index is 13.2. The largest absolute Gasteiger partial charge is 0.383 e. The molecule has 0 heterocycles. The molecule has 1 N–H and O–H groups in total. The van der Waals surface area contributed by atoms with Crippen LogP contribution in [-0.4, -0.2) is 25.7 Å². The average Bonchev–Trinajstić information content (AvgIpc) is 2.17. The normalized spacial score (nSPS) is 12.2. The predicted octanol–water partition coefficient (Wildman–Crippen LogP) is 1.73. The Balaban J connectivity index is 2.80. The zero-order valence-electron chi connectivity index (χ0n) is 9.09. The van der Waals surface area contributed by atoms with Crippen LogP contribution in [0.25, 0.3) is 0 Å². The summed E-state index contributed by atoms with van der Waals surface area (Å²) in [5, 5.41) is 2.43. The highest BCUT2D eigenvalue weighted by molar-refractivity contribution is 5.94. The second-order valence-electron chi connectivity index (χ2n) is 3.43. The summed E-state index contributed by atoms with van der Waals surface area (Å²) >= 11 is 0. The monoisotopic (exact) mass is 229 g/mol. The van der Waals surface area contributed by atoms with Gasteiger partial charge in [0.15, 0.2) is 0 Å². The van der Waals surface area contributed by atoms with Crippen LogP contribution in [0.1, 0.15) is 17.3 Å². The van der Waals surface area contributed by atoms with E-state index >= 15 is 0 Å². The summed E-state index contributed by atoms with van der Waals surface area (Å²) in [6.45, 7) is 1.96. The molecule has 0 fully saturated rings. The van der Waals surface area contributed by atoms with Gasteiger partial charge >= 0.3 is 0 Å². The summed E-state index contributed by atoms with van der Waals surface area (Å²) in [4.78, 5) is 11.5. The second-order valence-corrected chi connectivity index (χ2v) is 3.43. The van der Waals surface area contributed by atoms with Crippen molar-refractivity contribution in [1.82, 2.24) is 5.32 Å². The minimum Gasteiger partial charge on any atom is -0.383 e. The molecule has 1 aromatic rings. The predicted molar refractivity (Wildman–Crippen MR) is 55.2 cm³/mol. The molecule has 1 rings (SSSR count). The van der Waals surface area contributed by atoms with Gasteiger partial charge in [-0.3, -0.25) is 4.79 Å². The van der Waals surface area contributed by atoms with Gasteiger partial charge in [0, 0.05) is 13.2 Å². The van der Waals surface area contributed by atoms with Crippen molar-refractivity contribution in [2.75, 3.05) is 13.7 Å².